The van der Waals surface area contributed by atoms with Crippen LogP contribution in [0.5, 0.6) is 0 Å². The molecule has 0 aromatic carbocycles. The van der Waals surface area contributed by atoms with E-state index in [-0.39, 0.29) is 19.2 Å². The molecule has 0 spiro atoms. The minimum Gasteiger partial charge on any atom is -0.480 e. The third-order valence-electron chi connectivity index (χ3n) is 3.76. The van der Waals surface area contributed by atoms with Crippen molar-refractivity contribution in [3.8, 4) is 0 Å². The summed E-state index contributed by atoms with van der Waals surface area (Å²) in [4.78, 5) is 23.9. The Kier molecular flexibility index (Phi) is 4.41. The average molecular weight is 256 g/mol. The molecule has 1 heterocycles. The lowest BCUT2D eigenvalue weighted by Gasteiger charge is -2.17. The van der Waals surface area contributed by atoms with Crippen LogP contribution < -0.4 is 5.32 Å². The highest BCUT2D eigenvalue weighted by Gasteiger charge is 2.37. The smallest absolute Gasteiger partial charge is 0.329 e. The van der Waals surface area contributed by atoms with Gasteiger partial charge < -0.3 is 20.1 Å². The van der Waals surface area contributed by atoms with Crippen molar-refractivity contribution in [1.82, 2.24) is 10.2 Å². The topological polar surface area (TPSA) is 78.9 Å². The highest BCUT2D eigenvalue weighted by molar-refractivity contribution is 5.74. The van der Waals surface area contributed by atoms with Gasteiger partial charge in [-0.2, -0.15) is 0 Å². The first-order valence-corrected chi connectivity index (χ1v) is 6.49. The minimum absolute atomic E-state index is 0.0525. The van der Waals surface area contributed by atoms with Gasteiger partial charge in [-0.25, -0.2) is 9.59 Å². The predicted molar refractivity (Wildman–Crippen MR) is 64.3 cm³/mol. The number of carbonyl (C=O) groups is 2. The van der Waals surface area contributed by atoms with Gasteiger partial charge in [0.2, 0.25) is 0 Å². The molecule has 2 aliphatic rings. The van der Waals surface area contributed by atoms with Crippen LogP contribution in [0.25, 0.3) is 0 Å². The van der Waals surface area contributed by atoms with Crippen molar-refractivity contribution < 1.29 is 19.4 Å². The quantitative estimate of drug-likeness (QED) is 0.703. The van der Waals surface area contributed by atoms with E-state index in [0.29, 0.717) is 18.4 Å². The molecule has 6 heteroatoms. The number of likely N-dealkylation sites (tertiary alicyclic amines) is 1. The molecule has 2 fully saturated rings. The Morgan fingerprint density at radius 1 is 1.28 bits per heavy atom. The molecule has 102 valence electrons. The van der Waals surface area contributed by atoms with Crippen molar-refractivity contribution >= 4 is 12.0 Å². The number of urea groups is 1. The highest BCUT2D eigenvalue weighted by Crippen LogP contribution is 2.37. The maximum atomic E-state index is 11.8. The molecule has 2 amide bonds. The van der Waals surface area contributed by atoms with Gasteiger partial charge in [0.15, 0.2) is 0 Å². The SMILES string of the molecule is O=C(O)COCCNC(=O)N1CC2CCCC2C1. The van der Waals surface area contributed by atoms with E-state index >= 15 is 0 Å². The molecular formula is C12H20N2O4. The number of rotatable bonds is 5. The standard InChI is InChI=1S/C12H20N2O4/c15-11(16)8-18-5-4-13-12(17)14-6-9-2-1-3-10(9)7-14/h9-10H,1-8H2,(H,13,17)(H,15,16). The molecule has 0 aromatic heterocycles. The molecule has 1 saturated carbocycles. The Bertz CT molecular complexity index is 309. The summed E-state index contributed by atoms with van der Waals surface area (Å²) >= 11 is 0. The van der Waals surface area contributed by atoms with Gasteiger partial charge in [-0.1, -0.05) is 6.42 Å². The number of aliphatic carboxylic acids is 1. The first-order valence-electron chi connectivity index (χ1n) is 6.49. The monoisotopic (exact) mass is 256 g/mol. The van der Waals surface area contributed by atoms with E-state index in [1.54, 1.807) is 0 Å². The zero-order valence-electron chi connectivity index (χ0n) is 10.4. The van der Waals surface area contributed by atoms with Crippen LogP contribution in [0.2, 0.25) is 0 Å². The number of nitrogens with one attached hydrogen (secondary N) is 1. The first-order chi connectivity index (χ1) is 8.66. The molecule has 2 rings (SSSR count). The Hall–Kier alpha value is -1.30. The number of hydrogen-bond acceptors (Lipinski definition) is 3. The van der Waals surface area contributed by atoms with Crippen molar-refractivity contribution in [2.24, 2.45) is 11.8 Å². The second kappa shape index (κ2) is 6.04. The van der Waals surface area contributed by atoms with E-state index in [2.05, 4.69) is 5.32 Å². The summed E-state index contributed by atoms with van der Waals surface area (Å²) < 4.78 is 4.85. The van der Waals surface area contributed by atoms with E-state index < -0.39 is 5.97 Å². The van der Waals surface area contributed by atoms with Crippen molar-refractivity contribution in [2.75, 3.05) is 32.8 Å². The largest absolute Gasteiger partial charge is 0.480 e. The number of hydrogen-bond donors (Lipinski definition) is 2. The van der Waals surface area contributed by atoms with Crippen molar-refractivity contribution in [3.63, 3.8) is 0 Å². The van der Waals surface area contributed by atoms with Gasteiger partial charge in [0.1, 0.15) is 6.61 Å². The van der Waals surface area contributed by atoms with Crippen LogP contribution >= 0.6 is 0 Å². The first kappa shape index (κ1) is 13.1. The highest BCUT2D eigenvalue weighted by atomic mass is 16.5. The second-order valence-corrected chi connectivity index (χ2v) is 5.03. The third kappa shape index (κ3) is 3.35. The summed E-state index contributed by atoms with van der Waals surface area (Å²) in [5.74, 6) is 0.395. The van der Waals surface area contributed by atoms with Crippen LogP contribution in [0.4, 0.5) is 4.79 Å². The van der Waals surface area contributed by atoms with Gasteiger partial charge in [-0.15, -0.1) is 0 Å². The summed E-state index contributed by atoms with van der Waals surface area (Å²) in [5.41, 5.74) is 0. The van der Waals surface area contributed by atoms with E-state index in [4.69, 9.17) is 9.84 Å². The zero-order valence-corrected chi connectivity index (χ0v) is 10.4. The average Bonchev–Trinajstić information content (AvgIpc) is 2.87. The van der Waals surface area contributed by atoms with Crippen LogP contribution in [0.3, 0.4) is 0 Å². The van der Waals surface area contributed by atoms with Gasteiger partial charge in [0.05, 0.1) is 6.61 Å². The van der Waals surface area contributed by atoms with Crippen molar-refractivity contribution in [2.45, 2.75) is 19.3 Å². The van der Waals surface area contributed by atoms with Crippen LogP contribution in [0.15, 0.2) is 0 Å². The predicted octanol–water partition coefficient (Wildman–Crippen LogP) is 0.529. The molecule has 0 radical (unpaired) electrons. The number of amides is 2. The van der Waals surface area contributed by atoms with E-state index in [9.17, 15) is 9.59 Å². The van der Waals surface area contributed by atoms with E-state index in [1.165, 1.54) is 19.3 Å². The molecule has 0 aromatic rings. The van der Waals surface area contributed by atoms with Crippen LogP contribution in [-0.2, 0) is 9.53 Å². The summed E-state index contributed by atoms with van der Waals surface area (Å²) in [6.07, 6.45) is 3.79. The lowest BCUT2D eigenvalue weighted by molar-refractivity contribution is -0.142. The summed E-state index contributed by atoms with van der Waals surface area (Å²) in [5, 5.41) is 11.1. The summed E-state index contributed by atoms with van der Waals surface area (Å²) in [7, 11) is 0. The number of carbonyl (C=O) groups excluding carboxylic acids is 1. The van der Waals surface area contributed by atoms with Gasteiger partial charge in [0.25, 0.3) is 0 Å². The van der Waals surface area contributed by atoms with Crippen molar-refractivity contribution in [3.05, 3.63) is 0 Å². The molecule has 1 saturated heterocycles. The van der Waals surface area contributed by atoms with E-state index in [1.807, 2.05) is 4.90 Å². The number of carboxylic acids is 1. The molecule has 1 aliphatic carbocycles. The lowest BCUT2D eigenvalue weighted by atomic mass is 10.0. The normalized spacial score (nSPS) is 26.1. The summed E-state index contributed by atoms with van der Waals surface area (Å²) in [6, 6.07) is -0.0525. The lowest BCUT2D eigenvalue weighted by Crippen LogP contribution is -2.40. The number of fused-ring (bicyclic) bond motifs is 1. The fourth-order valence-corrected chi connectivity index (χ4v) is 2.90. The molecule has 6 nitrogen and oxygen atoms in total. The Morgan fingerprint density at radius 3 is 2.56 bits per heavy atom. The van der Waals surface area contributed by atoms with Crippen LogP contribution in [-0.4, -0.2) is 54.9 Å². The fourth-order valence-electron chi connectivity index (χ4n) is 2.90. The molecule has 2 unspecified atom stereocenters. The molecule has 18 heavy (non-hydrogen) atoms. The second-order valence-electron chi connectivity index (χ2n) is 5.03. The maximum absolute atomic E-state index is 11.8. The molecular weight excluding hydrogens is 236 g/mol. The molecule has 2 atom stereocenters. The number of ether oxygens (including phenoxy) is 1. The summed E-state index contributed by atoms with van der Waals surface area (Å²) in [6.45, 7) is 2.01. The zero-order chi connectivity index (χ0) is 13.0. The van der Waals surface area contributed by atoms with Crippen molar-refractivity contribution in [1.29, 1.82) is 0 Å². The molecule has 1 aliphatic heterocycles. The van der Waals surface area contributed by atoms with Gasteiger partial charge in [0, 0.05) is 19.6 Å². The third-order valence-corrected chi connectivity index (χ3v) is 3.76. The fraction of sp³-hybridized carbons (Fsp3) is 0.833. The van der Waals surface area contributed by atoms with Gasteiger partial charge in [-0.05, 0) is 24.7 Å². The van der Waals surface area contributed by atoms with Crippen LogP contribution in [0.1, 0.15) is 19.3 Å². The van der Waals surface area contributed by atoms with Crippen LogP contribution in [0, 0.1) is 11.8 Å². The van der Waals surface area contributed by atoms with E-state index in [0.717, 1.165) is 13.1 Å². The Labute approximate surface area is 106 Å². The number of nitrogens with zero attached hydrogens (tertiary/aromatic N) is 1. The number of carboxylic acid groups (broad SMARTS) is 1. The molecule has 0 bridgehead atoms. The molecule has 2 N–H and O–H groups in total. The Balaban J connectivity index is 1.59. The maximum Gasteiger partial charge on any atom is 0.329 e. The minimum atomic E-state index is -0.992. The van der Waals surface area contributed by atoms with Gasteiger partial charge in [-0.3, -0.25) is 0 Å². The Morgan fingerprint density at radius 2 is 1.94 bits per heavy atom. The van der Waals surface area contributed by atoms with Gasteiger partial charge >= 0.3 is 12.0 Å².